The van der Waals surface area contributed by atoms with E-state index in [1.165, 1.54) is 25.3 Å². The van der Waals surface area contributed by atoms with Crippen LogP contribution in [0.15, 0.2) is 18.2 Å². The summed E-state index contributed by atoms with van der Waals surface area (Å²) in [5.41, 5.74) is 3.07. The molecule has 0 saturated carbocycles. The van der Waals surface area contributed by atoms with E-state index in [9.17, 15) is 14.4 Å². The molecule has 1 unspecified atom stereocenters. The predicted molar refractivity (Wildman–Crippen MR) is 92.5 cm³/mol. The largest absolute Gasteiger partial charge is 0.469 e. The van der Waals surface area contributed by atoms with Gasteiger partial charge in [-0.15, -0.1) is 0 Å². The van der Waals surface area contributed by atoms with Gasteiger partial charge >= 0.3 is 11.9 Å². The number of methoxy groups -OCH3 is 2. The number of rotatable bonds is 9. The highest BCUT2D eigenvalue weighted by Crippen LogP contribution is 2.24. The van der Waals surface area contributed by atoms with Gasteiger partial charge in [-0.2, -0.15) is 0 Å². The zero-order valence-corrected chi connectivity index (χ0v) is 14.8. The molecule has 0 radical (unpaired) electrons. The van der Waals surface area contributed by atoms with Crippen LogP contribution in [0.4, 0.5) is 0 Å². The number of benzene rings is 1. The minimum atomic E-state index is -0.370. The monoisotopic (exact) mass is 347 g/mol. The van der Waals surface area contributed by atoms with Crippen molar-refractivity contribution < 1.29 is 23.9 Å². The maximum Gasteiger partial charge on any atom is 0.305 e. The van der Waals surface area contributed by atoms with Crippen molar-refractivity contribution in [2.45, 2.75) is 44.6 Å². The van der Waals surface area contributed by atoms with E-state index < -0.39 is 0 Å². The van der Waals surface area contributed by atoms with Crippen molar-refractivity contribution in [1.29, 1.82) is 0 Å². The van der Waals surface area contributed by atoms with Gasteiger partial charge in [-0.25, -0.2) is 0 Å². The lowest BCUT2D eigenvalue weighted by molar-refractivity contribution is -0.141. The molecule has 1 aromatic rings. The van der Waals surface area contributed by atoms with Crippen LogP contribution in [-0.2, 0) is 31.9 Å². The standard InChI is InChI=1S/C19H25NO5/c1-24-18(22)4-3-9-20-16-11-13-5-6-14(10-15(13)12-16)17(21)7-8-19(23)25-2/h5-6,10,16,20H,3-4,7-9,11-12H2,1-2H3. The van der Waals surface area contributed by atoms with Gasteiger partial charge in [-0.1, -0.05) is 12.1 Å². The molecule has 136 valence electrons. The molecule has 0 fully saturated rings. The molecule has 0 saturated heterocycles. The highest BCUT2D eigenvalue weighted by atomic mass is 16.5. The van der Waals surface area contributed by atoms with Crippen LogP contribution in [0.1, 0.15) is 47.2 Å². The van der Waals surface area contributed by atoms with Gasteiger partial charge < -0.3 is 14.8 Å². The Bertz CT molecular complexity index is 641. The minimum Gasteiger partial charge on any atom is -0.469 e. The second-order valence-electron chi connectivity index (χ2n) is 6.22. The maximum atomic E-state index is 12.2. The number of hydrogen-bond donors (Lipinski definition) is 1. The van der Waals surface area contributed by atoms with Crippen molar-refractivity contribution in [3.63, 3.8) is 0 Å². The Balaban J connectivity index is 1.82. The summed E-state index contributed by atoms with van der Waals surface area (Å²) < 4.78 is 9.19. The summed E-state index contributed by atoms with van der Waals surface area (Å²) >= 11 is 0. The zero-order chi connectivity index (χ0) is 18.2. The normalized spacial score (nSPS) is 15.5. The fourth-order valence-corrected chi connectivity index (χ4v) is 3.04. The van der Waals surface area contributed by atoms with Gasteiger partial charge in [0.25, 0.3) is 0 Å². The summed E-state index contributed by atoms with van der Waals surface area (Å²) in [6.45, 7) is 0.763. The fraction of sp³-hybridized carbons (Fsp3) is 0.526. The molecule has 2 rings (SSSR count). The number of esters is 2. The fourth-order valence-electron chi connectivity index (χ4n) is 3.04. The Morgan fingerprint density at radius 2 is 1.68 bits per heavy atom. The van der Waals surface area contributed by atoms with Crippen LogP contribution in [0.5, 0.6) is 0 Å². The Morgan fingerprint density at radius 3 is 2.40 bits per heavy atom. The van der Waals surface area contributed by atoms with E-state index in [1.807, 2.05) is 18.2 Å². The maximum absolute atomic E-state index is 12.2. The first-order valence-electron chi connectivity index (χ1n) is 8.55. The van der Waals surface area contributed by atoms with Crippen LogP contribution in [0.2, 0.25) is 0 Å². The summed E-state index contributed by atoms with van der Waals surface area (Å²) in [6, 6.07) is 6.09. The summed E-state index contributed by atoms with van der Waals surface area (Å²) in [5.74, 6) is -0.597. The molecule has 0 spiro atoms. The van der Waals surface area contributed by atoms with E-state index in [4.69, 9.17) is 0 Å². The van der Waals surface area contributed by atoms with E-state index >= 15 is 0 Å². The molecule has 0 aromatic heterocycles. The molecule has 6 heteroatoms. The van der Waals surface area contributed by atoms with Crippen molar-refractivity contribution in [2.24, 2.45) is 0 Å². The van der Waals surface area contributed by atoms with Crippen LogP contribution >= 0.6 is 0 Å². The van der Waals surface area contributed by atoms with Gasteiger partial charge in [0.1, 0.15) is 0 Å². The lowest BCUT2D eigenvalue weighted by Gasteiger charge is -2.11. The minimum absolute atomic E-state index is 0.0392. The first kappa shape index (κ1) is 19.1. The van der Waals surface area contributed by atoms with Crippen LogP contribution in [-0.4, -0.2) is 44.5 Å². The molecular weight excluding hydrogens is 322 g/mol. The van der Waals surface area contributed by atoms with Crippen molar-refractivity contribution in [2.75, 3.05) is 20.8 Å². The van der Waals surface area contributed by atoms with E-state index in [0.717, 1.165) is 25.8 Å². The predicted octanol–water partition coefficient (Wildman–Crippen LogP) is 1.83. The lowest BCUT2D eigenvalue weighted by Crippen LogP contribution is -2.30. The molecule has 1 aliphatic rings. The third-order valence-corrected chi connectivity index (χ3v) is 4.46. The van der Waals surface area contributed by atoms with Crippen LogP contribution in [0.3, 0.4) is 0 Å². The highest BCUT2D eigenvalue weighted by molar-refractivity contribution is 5.97. The molecule has 25 heavy (non-hydrogen) atoms. The third kappa shape index (κ3) is 5.67. The molecular formula is C19H25NO5. The number of hydrogen-bond acceptors (Lipinski definition) is 6. The Kier molecular flexibility index (Phi) is 7.13. The lowest BCUT2D eigenvalue weighted by atomic mass is 10.0. The zero-order valence-electron chi connectivity index (χ0n) is 14.8. The Morgan fingerprint density at radius 1 is 1.00 bits per heavy atom. The van der Waals surface area contributed by atoms with Gasteiger partial charge in [0.15, 0.2) is 5.78 Å². The average molecular weight is 347 g/mol. The Labute approximate surface area is 147 Å². The first-order valence-corrected chi connectivity index (χ1v) is 8.55. The van der Waals surface area contributed by atoms with Crippen molar-refractivity contribution in [3.05, 3.63) is 34.9 Å². The number of ether oxygens (including phenoxy) is 2. The number of carbonyl (C=O) groups is 3. The number of fused-ring (bicyclic) bond motifs is 1. The molecule has 1 atom stereocenters. The van der Waals surface area contributed by atoms with E-state index in [2.05, 4.69) is 14.8 Å². The van der Waals surface area contributed by atoms with Crippen molar-refractivity contribution in [1.82, 2.24) is 5.32 Å². The first-order chi connectivity index (χ1) is 12.0. The van der Waals surface area contributed by atoms with E-state index in [1.54, 1.807) is 0 Å². The Hall–Kier alpha value is -2.21. The van der Waals surface area contributed by atoms with Crippen LogP contribution in [0, 0.1) is 0 Å². The molecule has 6 nitrogen and oxygen atoms in total. The number of ketones is 1. The second kappa shape index (κ2) is 9.32. The summed E-state index contributed by atoms with van der Waals surface area (Å²) in [7, 11) is 2.72. The molecule has 0 heterocycles. The molecule has 1 aliphatic carbocycles. The van der Waals surface area contributed by atoms with Gasteiger partial charge in [-0.05, 0) is 43.0 Å². The van der Waals surface area contributed by atoms with Gasteiger partial charge in [0, 0.05) is 24.4 Å². The second-order valence-corrected chi connectivity index (χ2v) is 6.22. The molecule has 0 aliphatic heterocycles. The molecule has 0 amide bonds. The topological polar surface area (TPSA) is 81.7 Å². The van der Waals surface area contributed by atoms with Gasteiger partial charge in [0.2, 0.25) is 0 Å². The molecule has 1 aromatic carbocycles. The van der Waals surface area contributed by atoms with E-state index in [0.29, 0.717) is 18.0 Å². The summed E-state index contributed by atoms with van der Waals surface area (Å²) in [5, 5.41) is 3.45. The average Bonchev–Trinajstić information content (AvgIpc) is 3.04. The number of carbonyl (C=O) groups excluding carboxylic acids is 3. The summed E-state index contributed by atoms with van der Waals surface area (Å²) in [4.78, 5) is 34.4. The van der Waals surface area contributed by atoms with Gasteiger partial charge in [-0.3, -0.25) is 14.4 Å². The molecule has 0 bridgehead atoms. The number of Topliss-reactive ketones (excluding diaryl/α,β-unsaturated/α-hetero) is 1. The SMILES string of the molecule is COC(=O)CCCNC1Cc2ccc(C(=O)CCC(=O)OC)cc2C1. The van der Waals surface area contributed by atoms with Crippen LogP contribution < -0.4 is 5.32 Å². The highest BCUT2D eigenvalue weighted by Gasteiger charge is 2.22. The van der Waals surface area contributed by atoms with E-state index in [-0.39, 0.29) is 30.6 Å². The van der Waals surface area contributed by atoms with Crippen molar-refractivity contribution in [3.8, 4) is 0 Å². The van der Waals surface area contributed by atoms with Crippen LogP contribution in [0.25, 0.3) is 0 Å². The summed E-state index contributed by atoms with van der Waals surface area (Å²) in [6.07, 6.45) is 3.23. The molecule has 1 N–H and O–H groups in total. The quantitative estimate of drug-likeness (QED) is 0.417. The smallest absolute Gasteiger partial charge is 0.305 e. The van der Waals surface area contributed by atoms with Crippen molar-refractivity contribution >= 4 is 17.7 Å². The third-order valence-electron chi connectivity index (χ3n) is 4.46. The number of nitrogens with one attached hydrogen (secondary N) is 1. The van der Waals surface area contributed by atoms with Gasteiger partial charge in [0.05, 0.1) is 20.6 Å².